The molecule has 6 nitrogen and oxygen atoms in total. The van der Waals surface area contributed by atoms with E-state index in [-0.39, 0.29) is 13.0 Å². The van der Waals surface area contributed by atoms with Gasteiger partial charge in [-0.3, -0.25) is 4.79 Å². The van der Waals surface area contributed by atoms with Crippen LogP contribution in [0, 0.1) is 11.3 Å². The summed E-state index contributed by atoms with van der Waals surface area (Å²) in [4.78, 5) is 21.9. The number of nitrogens with zero attached hydrogens (tertiary/aromatic N) is 1. The lowest BCUT2D eigenvalue weighted by atomic mass is 10.1. The monoisotopic (exact) mass is 248 g/mol. The van der Waals surface area contributed by atoms with Gasteiger partial charge >= 0.3 is 5.97 Å². The lowest BCUT2D eigenvalue weighted by Crippen LogP contribution is -2.30. The molecule has 0 aromatic heterocycles. The number of nitriles is 1. The van der Waals surface area contributed by atoms with Crippen LogP contribution in [-0.2, 0) is 4.79 Å². The number of carboxylic acids is 1. The number of nitrogens with one attached hydrogen (secondary N) is 1. The van der Waals surface area contributed by atoms with Crippen molar-refractivity contribution in [2.75, 3.05) is 6.54 Å². The normalized spacial score (nSPS) is 11.3. The Morgan fingerprint density at radius 3 is 2.78 bits per heavy atom. The number of hydrogen-bond acceptors (Lipinski definition) is 4. The molecule has 0 heterocycles. The Kier molecular flexibility index (Phi) is 4.84. The molecule has 0 radical (unpaired) electrons. The first-order chi connectivity index (χ1) is 8.54. The molecular weight excluding hydrogens is 236 g/mol. The highest BCUT2D eigenvalue weighted by atomic mass is 16.4. The minimum atomic E-state index is -1.49. The maximum atomic E-state index is 11.6. The molecule has 1 aromatic rings. The summed E-state index contributed by atoms with van der Waals surface area (Å²) in [6.45, 7) is 0.0447. The molecule has 0 saturated carbocycles. The molecule has 0 aliphatic rings. The van der Waals surface area contributed by atoms with E-state index in [1.807, 2.05) is 6.07 Å². The van der Waals surface area contributed by atoms with Gasteiger partial charge in [0.2, 0.25) is 0 Å². The largest absolute Gasteiger partial charge is 0.479 e. The quantitative estimate of drug-likeness (QED) is 0.685. The van der Waals surface area contributed by atoms with Crippen LogP contribution in [0.15, 0.2) is 24.3 Å². The molecule has 1 atom stereocenters. The van der Waals surface area contributed by atoms with E-state index in [9.17, 15) is 9.59 Å². The van der Waals surface area contributed by atoms with Gasteiger partial charge in [-0.1, -0.05) is 6.07 Å². The molecule has 1 aromatic carbocycles. The van der Waals surface area contributed by atoms with Gasteiger partial charge in [-0.05, 0) is 18.2 Å². The SMILES string of the molecule is N#Cc1cccc(C(=O)NCCC(O)C(=O)O)c1. The molecule has 6 heteroatoms. The fraction of sp³-hybridized carbons (Fsp3) is 0.250. The number of carboxylic acid groups (broad SMARTS) is 1. The van der Waals surface area contributed by atoms with Crippen molar-refractivity contribution in [2.45, 2.75) is 12.5 Å². The Balaban J connectivity index is 2.51. The van der Waals surface area contributed by atoms with E-state index in [4.69, 9.17) is 15.5 Å². The van der Waals surface area contributed by atoms with Crippen LogP contribution in [0.1, 0.15) is 22.3 Å². The van der Waals surface area contributed by atoms with Gasteiger partial charge in [-0.25, -0.2) is 4.79 Å². The van der Waals surface area contributed by atoms with Crippen molar-refractivity contribution in [2.24, 2.45) is 0 Å². The molecule has 0 aliphatic heterocycles. The molecular formula is C12H12N2O4. The second-order valence-corrected chi connectivity index (χ2v) is 3.59. The van der Waals surface area contributed by atoms with E-state index in [1.54, 1.807) is 18.2 Å². The second-order valence-electron chi connectivity index (χ2n) is 3.59. The van der Waals surface area contributed by atoms with E-state index in [0.29, 0.717) is 11.1 Å². The summed E-state index contributed by atoms with van der Waals surface area (Å²) in [6.07, 6.45) is -1.56. The summed E-state index contributed by atoms with van der Waals surface area (Å²) in [5.41, 5.74) is 0.687. The number of hydrogen-bond donors (Lipinski definition) is 3. The topological polar surface area (TPSA) is 110 Å². The van der Waals surface area contributed by atoms with E-state index >= 15 is 0 Å². The van der Waals surface area contributed by atoms with Crippen LogP contribution in [0.2, 0.25) is 0 Å². The van der Waals surface area contributed by atoms with Gasteiger partial charge in [0, 0.05) is 18.5 Å². The molecule has 0 aliphatic carbocycles. The lowest BCUT2D eigenvalue weighted by molar-refractivity contribution is -0.146. The Bertz CT molecular complexity index is 493. The first-order valence-corrected chi connectivity index (χ1v) is 5.24. The minimum Gasteiger partial charge on any atom is -0.479 e. The average Bonchev–Trinajstić information content (AvgIpc) is 2.38. The highest BCUT2D eigenvalue weighted by Crippen LogP contribution is 2.04. The summed E-state index contributed by atoms with van der Waals surface area (Å²) < 4.78 is 0. The molecule has 94 valence electrons. The van der Waals surface area contributed by atoms with Crippen molar-refractivity contribution in [1.29, 1.82) is 5.26 Å². The van der Waals surface area contributed by atoms with Crippen molar-refractivity contribution in [3.63, 3.8) is 0 Å². The lowest BCUT2D eigenvalue weighted by Gasteiger charge is -2.07. The number of aliphatic hydroxyl groups excluding tert-OH is 1. The van der Waals surface area contributed by atoms with Crippen molar-refractivity contribution in [3.05, 3.63) is 35.4 Å². The number of carbonyl (C=O) groups is 2. The Hall–Kier alpha value is -2.39. The third-order valence-electron chi connectivity index (χ3n) is 2.24. The minimum absolute atomic E-state index is 0.0447. The second kappa shape index (κ2) is 6.37. The van der Waals surface area contributed by atoms with Crippen LogP contribution in [0.4, 0.5) is 0 Å². The maximum absolute atomic E-state index is 11.6. The van der Waals surface area contributed by atoms with Crippen LogP contribution in [-0.4, -0.2) is 34.7 Å². The van der Waals surface area contributed by atoms with E-state index < -0.39 is 18.0 Å². The highest BCUT2D eigenvalue weighted by molar-refractivity contribution is 5.94. The van der Waals surface area contributed by atoms with Gasteiger partial charge in [0.15, 0.2) is 6.10 Å². The van der Waals surface area contributed by atoms with Crippen molar-refractivity contribution in [3.8, 4) is 6.07 Å². The third kappa shape index (κ3) is 3.88. The third-order valence-corrected chi connectivity index (χ3v) is 2.24. The van der Waals surface area contributed by atoms with Gasteiger partial charge in [-0.2, -0.15) is 5.26 Å². The molecule has 18 heavy (non-hydrogen) atoms. The predicted molar refractivity (Wildman–Crippen MR) is 61.7 cm³/mol. The molecule has 3 N–H and O–H groups in total. The first-order valence-electron chi connectivity index (χ1n) is 5.24. The van der Waals surface area contributed by atoms with Gasteiger partial charge in [-0.15, -0.1) is 0 Å². The van der Waals surface area contributed by atoms with Crippen LogP contribution < -0.4 is 5.32 Å². The van der Waals surface area contributed by atoms with Crippen molar-refractivity contribution >= 4 is 11.9 Å². The zero-order valence-corrected chi connectivity index (χ0v) is 9.46. The van der Waals surface area contributed by atoms with E-state index in [1.165, 1.54) is 6.07 Å². The maximum Gasteiger partial charge on any atom is 0.332 e. The predicted octanol–water partition coefficient (Wildman–Crippen LogP) is 0.124. The Morgan fingerprint density at radius 1 is 1.44 bits per heavy atom. The fourth-order valence-electron chi connectivity index (χ4n) is 1.28. The molecule has 0 bridgehead atoms. The number of aliphatic carboxylic acids is 1. The van der Waals surface area contributed by atoms with Crippen molar-refractivity contribution < 1.29 is 19.8 Å². The summed E-state index contributed by atoms with van der Waals surface area (Å²) in [6, 6.07) is 8.05. The zero-order chi connectivity index (χ0) is 13.5. The van der Waals surface area contributed by atoms with Crippen molar-refractivity contribution in [1.82, 2.24) is 5.32 Å². The fourth-order valence-corrected chi connectivity index (χ4v) is 1.28. The van der Waals surface area contributed by atoms with E-state index in [0.717, 1.165) is 0 Å². The van der Waals surface area contributed by atoms with Crippen LogP contribution >= 0.6 is 0 Å². The highest BCUT2D eigenvalue weighted by Gasteiger charge is 2.13. The number of aliphatic hydroxyl groups is 1. The number of amides is 1. The summed E-state index contributed by atoms with van der Waals surface area (Å²) in [5.74, 6) is -1.74. The summed E-state index contributed by atoms with van der Waals surface area (Å²) in [7, 11) is 0. The number of rotatable bonds is 5. The molecule has 1 rings (SSSR count). The van der Waals surface area contributed by atoms with Crippen LogP contribution in [0.25, 0.3) is 0 Å². The Morgan fingerprint density at radius 2 is 2.17 bits per heavy atom. The first kappa shape index (κ1) is 13.7. The van der Waals surface area contributed by atoms with Crippen LogP contribution in [0.5, 0.6) is 0 Å². The van der Waals surface area contributed by atoms with Gasteiger partial charge in [0.1, 0.15) is 0 Å². The summed E-state index contributed by atoms with van der Waals surface area (Å²) in [5, 5.41) is 28.6. The molecule has 0 fully saturated rings. The summed E-state index contributed by atoms with van der Waals surface area (Å²) >= 11 is 0. The van der Waals surface area contributed by atoms with Gasteiger partial charge in [0.05, 0.1) is 11.6 Å². The molecule has 1 amide bonds. The van der Waals surface area contributed by atoms with Crippen LogP contribution in [0.3, 0.4) is 0 Å². The molecule has 0 saturated heterocycles. The van der Waals surface area contributed by atoms with Gasteiger partial charge in [0.25, 0.3) is 5.91 Å². The van der Waals surface area contributed by atoms with Gasteiger partial charge < -0.3 is 15.5 Å². The zero-order valence-electron chi connectivity index (χ0n) is 9.46. The molecule has 0 spiro atoms. The van der Waals surface area contributed by atoms with E-state index in [2.05, 4.69) is 5.32 Å². The number of benzene rings is 1. The standard InChI is InChI=1S/C12H12N2O4/c13-7-8-2-1-3-9(6-8)11(16)14-5-4-10(15)12(17)18/h1-3,6,10,15H,4-5H2,(H,14,16)(H,17,18). The molecule has 1 unspecified atom stereocenters. The average molecular weight is 248 g/mol. The Labute approximate surface area is 103 Å². The smallest absolute Gasteiger partial charge is 0.332 e. The number of carbonyl (C=O) groups excluding carboxylic acids is 1.